The second-order valence-electron chi connectivity index (χ2n) is 5.75. The molecule has 3 N–H and O–H groups in total. The van der Waals surface area contributed by atoms with E-state index >= 15 is 0 Å². The molecule has 1 heterocycles. The summed E-state index contributed by atoms with van der Waals surface area (Å²) in [6.07, 6.45) is 1.56. The molecule has 0 aliphatic heterocycles. The number of furan rings is 1. The Bertz CT molecular complexity index is 932. The SMILES string of the molecule is CNCc1cc(C(=O)c2cc(-c3ccco3)ccc2OC)cc(O)c1O. The van der Waals surface area contributed by atoms with E-state index in [1.54, 1.807) is 49.7 Å². The summed E-state index contributed by atoms with van der Waals surface area (Å²) >= 11 is 0. The van der Waals surface area contributed by atoms with Crippen molar-refractivity contribution in [2.45, 2.75) is 6.54 Å². The molecule has 0 radical (unpaired) electrons. The molecule has 0 unspecified atom stereocenters. The van der Waals surface area contributed by atoms with Crippen LogP contribution in [-0.2, 0) is 6.54 Å². The fourth-order valence-corrected chi connectivity index (χ4v) is 2.77. The van der Waals surface area contributed by atoms with Crippen molar-refractivity contribution in [3.8, 4) is 28.6 Å². The van der Waals surface area contributed by atoms with E-state index in [0.29, 0.717) is 29.2 Å². The van der Waals surface area contributed by atoms with Crippen LogP contribution in [0.3, 0.4) is 0 Å². The third-order valence-electron chi connectivity index (χ3n) is 4.05. The minimum Gasteiger partial charge on any atom is -0.504 e. The molecule has 26 heavy (non-hydrogen) atoms. The van der Waals surface area contributed by atoms with Gasteiger partial charge in [-0.3, -0.25) is 4.79 Å². The van der Waals surface area contributed by atoms with Gasteiger partial charge in [-0.25, -0.2) is 0 Å². The first kappa shape index (κ1) is 17.6. The van der Waals surface area contributed by atoms with Crippen LogP contribution in [0.5, 0.6) is 17.2 Å². The maximum Gasteiger partial charge on any atom is 0.196 e. The Hall–Kier alpha value is -3.25. The number of rotatable bonds is 6. The smallest absolute Gasteiger partial charge is 0.196 e. The van der Waals surface area contributed by atoms with Crippen LogP contribution >= 0.6 is 0 Å². The van der Waals surface area contributed by atoms with Crippen LogP contribution in [0.15, 0.2) is 53.1 Å². The summed E-state index contributed by atoms with van der Waals surface area (Å²) in [5, 5.41) is 22.8. The monoisotopic (exact) mass is 353 g/mol. The average molecular weight is 353 g/mol. The molecule has 0 saturated heterocycles. The van der Waals surface area contributed by atoms with Crippen LogP contribution < -0.4 is 10.1 Å². The standard InChI is InChI=1S/C20H19NO5/c1-21-11-14-8-13(10-16(22)20(14)24)19(23)15-9-12(5-6-18(15)25-2)17-4-3-7-26-17/h3-10,21-22,24H,11H2,1-2H3. The number of phenolic OH excluding ortho intramolecular Hbond substituents is 2. The molecule has 6 heteroatoms. The molecule has 1 aromatic heterocycles. The third-order valence-corrected chi connectivity index (χ3v) is 4.05. The van der Waals surface area contributed by atoms with E-state index in [1.165, 1.54) is 13.2 Å². The first-order valence-corrected chi connectivity index (χ1v) is 8.01. The molecular weight excluding hydrogens is 334 g/mol. The summed E-state index contributed by atoms with van der Waals surface area (Å²) in [5.74, 6) is 0.122. The van der Waals surface area contributed by atoms with Crippen LogP contribution in [0.2, 0.25) is 0 Å². The number of ether oxygens (including phenoxy) is 1. The Morgan fingerprint density at radius 3 is 2.65 bits per heavy atom. The topological polar surface area (TPSA) is 91.9 Å². The number of methoxy groups -OCH3 is 1. The van der Waals surface area contributed by atoms with Gasteiger partial charge in [-0.2, -0.15) is 0 Å². The minimum atomic E-state index is -0.345. The largest absolute Gasteiger partial charge is 0.504 e. The van der Waals surface area contributed by atoms with E-state index in [0.717, 1.165) is 5.56 Å². The van der Waals surface area contributed by atoms with E-state index in [4.69, 9.17) is 9.15 Å². The van der Waals surface area contributed by atoms with Crippen molar-refractivity contribution in [1.82, 2.24) is 5.32 Å². The van der Waals surface area contributed by atoms with Gasteiger partial charge in [0, 0.05) is 23.2 Å². The van der Waals surface area contributed by atoms with Crippen molar-refractivity contribution in [2.24, 2.45) is 0 Å². The summed E-state index contributed by atoms with van der Waals surface area (Å²) in [6.45, 7) is 0.310. The molecule has 0 saturated carbocycles. The number of carbonyl (C=O) groups excluding carboxylic acids is 1. The lowest BCUT2D eigenvalue weighted by atomic mass is 9.97. The van der Waals surface area contributed by atoms with Crippen molar-refractivity contribution in [3.63, 3.8) is 0 Å². The molecule has 3 aromatic rings. The zero-order valence-corrected chi connectivity index (χ0v) is 14.4. The molecule has 0 fully saturated rings. The van der Waals surface area contributed by atoms with E-state index in [9.17, 15) is 15.0 Å². The van der Waals surface area contributed by atoms with Crippen LogP contribution in [0.4, 0.5) is 0 Å². The summed E-state index contributed by atoms with van der Waals surface area (Å²) < 4.78 is 10.7. The third kappa shape index (κ3) is 3.27. The number of hydrogen-bond acceptors (Lipinski definition) is 6. The van der Waals surface area contributed by atoms with Gasteiger partial charge < -0.3 is 24.7 Å². The summed E-state index contributed by atoms with van der Waals surface area (Å²) in [5.41, 5.74) is 1.75. The maximum absolute atomic E-state index is 13.0. The van der Waals surface area contributed by atoms with Gasteiger partial charge in [-0.1, -0.05) is 0 Å². The number of ketones is 1. The zero-order valence-electron chi connectivity index (χ0n) is 14.4. The first-order chi connectivity index (χ1) is 12.5. The number of phenols is 2. The lowest BCUT2D eigenvalue weighted by molar-refractivity contribution is 0.103. The highest BCUT2D eigenvalue weighted by atomic mass is 16.5. The highest BCUT2D eigenvalue weighted by molar-refractivity contribution is 6.11. The zero-order chi connectivity index (χ0) is 18.7. The van der Waals surface area contributed by atoms with Gasteiger partial charge in [-0.05, 0) is 49.5 Å². The molecule has 0 spiro atoms. The lowest BCUT2D eigenvalue weighted by Crippen LogP contribution is -2.09. The molecule has 0 aliphatic rings. The van der Waals surface area contributed by atoms with Crippen molar-refractivity contribution in [3.05, 3.63) is 65.4 Å². The predicted molar refractivity (Wildman–Crippen MR) is 96.7 cm³/mol. The Balaban J connectivity index is 2.08. The van der Waals surface area contributed by atoms with Crippen molar-refractivity contribution >= 4 is 5.78 Å². The Morgan fingerprint density at radius 2 is 2.00 bits per heavy atom. The van der Waals surface area contributed by atoms with Gasteiger partial charge in [0.25, 0.3) is 0 Å². The molecule has 134 valence electrons. The van der Waals surface area contributed by atoms with Gasteiger partial charge in [0.05, 0.1) is 18.9 Å². The summed E-state index contributed by atoms with van der Waals surface area (Å²) in [7, 11) is 3.19. The fraction of sp³-hybridized carbons (Fsp3) is 0.150. The Labute approximate surface area is 150 Å². The number of carbonyl (C=O) groups is 1. The highest BCUT2D eigenvalue weighted by Gasteiger charge is 2.19. The minimum absolute atomic E-state index is 0.243. The van der Waals surface area contributed by atoms with Crippen molar-refractivity contribution < 1.29 is 24.2 Å². The van der Waals surface area contributed by atoms with E-state index in [2.05, 4.69) is 5.32 Å². The van der Waals surface area contributed by atoms with Gasteiger partial charge in [0.1, 0.15) is 11.5 Å². The number of hydrogen-bond donors (Lipinski definition) is 3. The number of aromatic hydroxyl groups is 2. The summed E-state index contributed by atoms with van der Waals surface area (Å²) in [4.78, 5) is 13.0. The van der Waals surface area contributed by atoms with Crippen LogP contribution in [0.25, 0.3) is 11.3 Å². The fourth-order valence-electron chi connectivity index (χ4n) is 2.77. The van der Waals surface area contributed by atoms with Crippen LogP contribution in [0, 0.1) is 0 Å². The molecular formula is C20H19NO5. The highest BCUT2D eigenvalue weighted by Crippen LogP contribution is 2.33. The number of nitrogens with one attached hydrogen (secondary N) is 1. The van der Waals surface area contributed by atoms with E-state index < -0.39 is 0 Å². The van der Waals surface area contributed by atoms with E-state index in [1.807, 2.05) is 0 Å². The average Bonchev–Trinajstić information content (AvgIpc) is 3.19. The lowest BCUT2D eigenvalue weighted by Gasteiger charge is -2.12. The Kier molecular flexibility index (Phi) is 4.95. The second kappa shape index (κ2) is 7.33. The molecule has 0 amide bonds. The molecule has 2 aromatic carbocycles. The van der Waals surface area contributed by atoms with Crippen LogP contribution in [0.1, 0.15) is 21.5 Å². The van der Waals surface area contributed by atoms with Gasteiger partial charge in [0.2, 0.25) is 0 Å². The molecule has 0 aliphatic carbocycles. The van der Waals surface area contributed by atoms with Crippen molar-refractivity contribution in [2.75, 3.05) is 14.2 Å². The quantitative estimate of drug-likeness (QED) is 0.465. The normalized spacial score (nSPS) is 10.7. The van der Waals surface area contributed by atoms with Gasteiger partial charge in [-0.15, -0.1) is 0 Å². The summed E-state index contributed by atoms with van der Waals surface area (Å²) in [6, 6.07) is 11.5. The molecule has 0 bridgehead atoms. The predicted octanol–water partition coefficient (Wildman–Crippen LogP) is 3.32. The number of benzene rings is 2. The molecule has 0 atom stereocenters. The first-order valence-electron chi connectivity index (χ1n) is 8.01. The Morgan fingerprint density at radius 1 is 1.19 bits per heavy atom. The van der Waals surface area contributed by atoms with Crippen molar-refractivity contribution in [1.29, 1.82) is 0 Å². The van der Waals surface area contributed by atoms with Gasteiger partial charge in [0.15, 0.2) is 17.3 Å². The van der Waals surface area contributed by atoms with Gasteiger partial charge >= 0.3 is 0 Å². The second-order valence-corrected chi connectivity index (χ2v) is 5.75. The molecule has 6 nitrogen and oxygen atoms in total. The molecule has 3 rings (SSSR count). The van der Waals surface area contributed by atoms with E-state index in [-0.39, 0.29) is 22.8 Å². The van der Waals surface area contributed by atoms with Crippen LogP contribution in [-0.4, -0.2) is 30.2 Å². The maximum atomic E-state index is 13.0.